The van der Waals surface area contributed by atoms with E-state index in [4.69, 9.17) is 4.43 Å². The van der Waals surface area contributed by atoms with Crippen LogP contribution in [0.3, 0.4) is 0 Å². The molecule has 0 radical (unpaired) electrons. The first-order valence-electron chi connectivity index (χ1n) is 9.84. The van der Waals surface area contributed by atoms with E-state index in [1.807, 2.05) is 6.08 Å². The molecule has 0 N–H and O–H groups in total. The molecule has 1 nitrogen and oxygen atoms in total. The molecule has 2 aromatic carbocycles. The lowest BCUT2D eigenvalue weighted by atomic mass is 10.1. The van der Waals surface area contributed by atoms with Crippen molar-refractivity contribution in [3.8, 4) is 0 Å². The fourth-order valence-electron chi connectivity index (χ4n) is 3.85. The van der Waals surface area contributed by atoms with E-state index >= 15 is 0 Å². The molecule has 0 aliphatic rings. The predicted octanol–water partition coefficient (Wildman–Crippen LogP) is 5.72. The molecule has 0 aliphatic carbocycles. The van der Waals surface area contributed by atoms with Gasteiger partial charge in [-0.1, -0.05) is 106 Å². The van der Waals surface area contributed by atoms with Crippen LogP contribution in [0.4, 0.5) is 0 Å². The summed E-state index contributed by atoms with van der Waals surface area (Å²) in [5.41, 5.74) is 1.35. The second-order valence-electron chi connectivity index (χ2n) is 8.46. The van der Waals surface area contributed by atoms with Crippen LogP contribution in [0.15, 0.2) is 85.0 Å². The molecule has 144 valence electrons. The maximum atomic E-state index is 6.98. The SMILES string of the molecule is C=CC/C(C)=C\[C@@H](C)CO[Si](c1ccccc1)(c1ccccc1)C(C)(C)C. The molecule has 0 bridgehead atoms. The van der Waals surface area contributed by atoms with Gasteiger partial charge in [0.2, 0.25) is 0 Å². The van der Waals surface area contributed by atoms with Crippen LogP contribution in [0.1, 0.15) is 41.0 Å². The number of hydrogen-bond donors (Lipinski definition) is 0. The first-order valence-corrected chi connectivity index (χ1v) is 11.8. The van der Waals surface area contributed by atoms with Crippen LogP contribution in [0.2, 0.25) is 5.04 Å². The summed E-state index contributed by atoms with van der Waals surface area (Å²) < 4.78 is 6.98. The van der Waals surface area contributed by atoms with Gasteiger partial charge in [0.05, 0.1) is 0 Å². The Hall–Kier alpha value is -1.90. The van der Waals surface area contributed by atoms with Crippen molar-refractivity contribution in [3.63, 3.8) is 0 Å². The average molecular weight is 379 g/mol. The van der Waals surface area contributed by atoms with E-state index in [1.165, 1.54) is 15.9 Å². The third-order valence-corrected chi connectivity index (χ3v) is 10.0. The second kappa shape index (κ2) is 9.34. The number of allylic oxidation sites excluding steroid dienone is 2. The van der Waals surface area contributed by atoms with Crippen LogP contribution in [-0.2, 0) is 4.43 Å². The number of hydrogen-bond acceptors (Lipinski definition) is 1. The molecule has 0 aliphatic heterocycles. The summed E-state index contributed by atoms with van der Waals surface area (Å²) in [7, 11) is -2.43. The molecular formula is C25H34OSi. The summed E-state index contributed by atoms with van der Waals surface area (Å²) in [6.07, 6.45) is 5.21. The summed E-state index contributed by atoms with van der Waals surface area (Å²) in [4.78, 5) is 0. The maximum absolute atomic E-state index is 6.98. The molecule has 2 aromatic rings. The summed E-state index contributed by atoms with van der Waals surface area (Å²) in [6, 6.07) is 21.7. The van der Waals surface area contributed by atoms with Gasteiger partial charge in [0, 0.05) is 6.61 Å². The minimum absolute atomic E-state index is 0.0231. The summed E-state index contributed by atoms with van der Waals surface area (Å²) in [5.74, 6) is 0.367. The molecule has 0 amide bonds. The van der Waals surface area contributed by atoms with Crippen molar-refractivity contribution in [2.75, 3.05) is 6.61 Å². The summed E-state index contributed by atoms with van der Waals surface area (Å²) in [5, 5.41) is 2.69. The molecule has 0 spiro atoms. The van der Waals surface area contributed by atoms with Gasteiger partial charge >= 0.3 is 0 Å². The lowest BCUT2D eigenvalue weighted by Crippen LogP contribution is -2.66. The zero-order valence-electron chi connectivity index (χ0n) is 17.5. The van der Waals surface area contributed by atoms with Crippen LogP contribution in [0.25, 0.3) is 0 Å². The highest BCUT2D eigenvalue weighted by atomic mass is 28.4. The van der Waals surface area contributed by atoms with Crippen molar-refractivity contribution in [2.45, 2.75) is 46.1 Å². The molecule has 0 saturated carbocycles. The third kappa shape index (κ3) is 5.09. The largest absolute Gasteiger partial charge is 0.407 e. The van der Waals surface area contributed by atoms with E-state index in [9.17, 15) is 0 Å². The van der Waals surface area contributed by atoms with Gasteiger partial charge in [-0.2, -0.15) is 0 Å². The zero-order chi connectivity index (χ0) is 19.9. The van der Waals surface area contributed by atoms with Crippen molar-refractivity contribution in [3.05, 3.63) is 85.0 Å². The Kier molecular flexibility index (Phi) is 7.40. The summed E-state index contributed by atoms with van der Waals surface area (Å²) >= 11 is 0. The van der Waals surface area contributed by atoms with Crippen molar-refractivity contribution in [2.24, 2.45) is 5.92 Å². The molecule has 2 heteroatoms. The Morgan fingerprint density at radius 3 is 1.89 bits per heavy atom. The molecule has 27 heavy (non-hydrogen) atoms. The fourth-order valence-corrected chi connectivity index (χ4v) is 8.52. The Labute approximate surface area is 166 Å². The minimum Gasteiger partial charge on any atom is -0.407 e. The first kappa shape index (κ1) is 21.4. The van der Waals surface area contributed by atoms with Crippen molar-refractivity contribution < 1.29 is 4.43 Å². The molecule has 0 heterocycles. The lowest BCUT2D eigenvalue weighted by Gasteiger charge is -2.43. The van der Waals surface area contributed by atoms with Crippen LogP contribution < -0.4 is 10.4 Å². The zero-order valence-corrected chi connectivity index (χ0v) is 18.5. The van der Waals surface area contributed by atoms with E-state index in [2.05, 4.69) is 108 Å². The third-order valence-electron chi connectivity index (χ3n) is 5.01. The number of benzene rings is 2. The summed E-state index contributed by atoms with van der Waals surface area (Å²) in [6.45, 7) is 15.9. The van der Waals surface area contributed by atoms with E-state index < -0.39 is 8.32 Å². The lowest BCUT2D eigenvalue weighted by molar-refractivity contribution is 0.267. The average Bonchev–Trinajstić information content (AvgIpc) is 2.63. The predicted molar refractivity (Wildman–Crippen MR) is 121 cm³/mol. The fraction of sp³-hybridized carbons (Fsp3) is 0.360. The Bertz CT molecular complexity index is 701. The van der Waals surface area contributed by atoms with Crippen LogP contribution in [0.5, 0.6) is 0 Å². The second-order valence-corrected chi connectivity index (χ2v) is 12.8. The van der Waals surface area contributed by atoms with E-state index in [0.717, 1.165) is 13.0 Å². The van der Waals surface area contributed by atoms with Gasteiger partial charge in [-0.05, 0) is 34.7 Å². The van der Waals surface area contributed by atoms with Crippen LogP contribution in [0, 0.1) is 5.92 Å². The van der Waals surface area contributed by atoms with Gasteiger partial charge in [0.25, 0.3) is 8.32 Å². The molecule has 0 saturated heterocycles. The Morgan fingerprint density at radius 2 is 1.48 bits per heavy atom. The standard InChI is InChI=1S/C25H34OSi/c1-7-14-21(2)19-22(3)20-26-27(25(4,5)6,23-15-10-8-11-16-23)24-17-12-9-13-18-24/h7-13,15-19,22H,1,14,20H2,2-6H3/b21-19-/t22-/m1/s1. The molecule has 0 unspecified atom stereocenters. The van der Waals surface area contributed by atoms with Crippen molar-refractivity contribution in [1.29, 1.82) is 0 Å². The molecular weight excluding hydrogens is 344 g/mol. The topological polar surface area (TPSA) is 9.23 Å². The van der Waals surface area contributed by atoms with Crippen LogP contribution >= 0.6 is 0 Å². The van der Waals surface area contributed by atoms with E-state index in [0.29, 0.717) is 5.92 Å². The first-order chi connectivity index (χ1) is 12.8. The normalized spacial score (nSPS) is 14.0. The monoisotopic (exact) mass is 378 g/mol. The highest BCUT2D eigenvalue weighted by Gasteiger charge is 2.50. The van der Waals surface area contributed by atoms with E-state index in [-0.39, 0.29) is 5.04 Å². The molecule has 2 rings (SSSR count). The van der Waals surface area contributed by atoms with Gasteiger partial charge in [0.15, 0.2) is 0 Å². The van der Waals surface area contributed by atoms with Gasteiger partial charge < -0.3 is 4.43 Å². The minimum atomic E-state index is -2.43. The van der Waals surface area contributed by atoms with Gasteiger partial charge in [-0.25, -0.2) is 0 Å². The highest BCUT2D eigenvalue weighted by Crippen LogP contribution is 2.37. The maximum Gasteiger partial charge on any atom is 0.261 e. The highest BCUT2D eigenvalue weighted by molar-refractivity contribution is 6.99. The Morgan fingerprint density at radius 1 is 1.00 bits per heavy atom. The van der Waals surface area contributed by atoms with Crippen LogP contribution in [-0.4, -0.2) is 14.9 Å². The van der Waals surface area contributed by atoms with Gasteiger partial charge in [0.1, 0.15) is 0 Å². The van der Waals surface area contributed by atoms with Crippen molar-refractivity contribution in [1.82, 2.24) is 0 Å². The quantitative estimate of drug-likeness (QED) is 0.421. The molecule has 1 atom stereocenters. The smallest absolute Gasteiger partial charge is 0.261 e. The van der Waals surface area contributed by atoms with E-state index in [1.54, 1.807) is 0 Å². The molecule has 0 fully saturated rings. The molecule has 0 aromatic heterocycles. The van der Waals surface area contributed by atoms with Gasteiger partial charge in [-0.3, -0.25) is 0 Å². The van der Waals surface area contributed by atoms with Gasteiger partial charge in [-0.15, -0.1) is 6.58 Å². The number of rotatable bonds is 8. The van der Waals surface area contributed by atoms with Crippen molar-refractivity contribution >= 4 is 18.7 Å². The Balaban J connectivity index is 2.47.